The third-order valence-corrected chi connectivity index (χ3v) is 4.41. The monoisotopic (exact) mass is 492 g/mol. The zero-order valence-corrected chi connectivity index (χ0v) is 19.4. The molecule has 0 saturated carbocycles. The molecule has 1 aromatic heterocycles. The molecule has 27 heavy (non-hydrogen) atoms. The molecule has 0 radical (unpaired) electrons. The number of rotatable bonds is 5. The Hall–Kier alpha value is -1.32. The number of hydrogen-bond donors (Lipinski definition) is 1. The summed E-state index contributed by atoms with van der Waals surface area (Å²) >= 11 is 0. The average molecular weight is 492 g/mol. The number of esters is 1. The highest BCUT2D eigenvalue weighted by atomic mass is 127. The van der Waals surface area contributed by atoms with Gasteiger partial charge in [0.25, 0.3) is 0 Å². The lowest BCUT2D eigenvalue weighted by Gasteiger charge is -2.33. The Bertz CT molecular complexity index is 617. The van der Waals surface area contributed by atoms with Crippen LogP contribution in [0.2, 0.25) is 0 Å². The van der Waals surface area contributed by atoms with Gasteiger partial charge in [-0.2, -0.15) is 0 Å². The van der Waals surface area contributed by atoms with Crippen LogP contribution in [0.15, 0.2) is 15.6 Å². The normalized spacial score (nSPS) is 16.0. The molecule has 0 aliphatic carbocycles. The van der Waals surface area contributed by atoms with Crippen molar-refractivity contribution in [2.75, 3.05) is 26.2 Å². The van der Waals surface area contributed by atoms with E-state index in [1.807, 2.05) is 13.8 Å². The molecule has 0 bridgehead atoms. The molecule has 0 spiro atoms. The fourth-order valence-electron chi connectivity index (χ4n) is 2.89. The van der Waals surface area contributed by atoms with Crippen molar-refractivity contribution in [1.82, 2.24) is 15.2 Å². The summed E-state index contributed by atoms with van der Waals surface area (Å²) in [5, 5.41) is 3.32. The molecule has 0 atom stereocenters. The van der Waals surface area contributed by atoms with E-state index in [2.05, 4.69) is 41.0 Å². The van der Waals surface area contributed by atoms with Crippen LogP contribution in [0.3, 0.4) is 0 Å². The first-order chi connectivity index (χ1) is 12.3. The summed E-state index contributed by atoms with van der Waals surface area (Å²) in [4.78, 5) is 23.1. The fourth-order valence-corrected chi connectivity index (χ4v) is 2.89. The van der Waals surface area contributed by atoms with E-state index in [-0.39, 0.29) is 41.3 Å². The molecule has 1 fully saturated rings. The summed E-state index contributed by atoms with van der Waals surface area (Å²) < 4.78 is 10.9. The van der Waals surface area contributed by atoms with Crippen LogP contribution in [0.5, 0.6) is 0 Å². The Morgan fingerprint density at radius 2 is 2.04 bits per heavy atom. The Labute approximate surface area is 179 Å². The molecule has 7 nitrogen and oxygen atoms in total. The topological polar surface area (TPSA) is 80.0 Å². The van der Waals surface area contributed by atoms with Crippen molar-refractivity contribution in [1.29, 1.82) is 0 Å². The molecular weight excluding hydrogens is 459 g/mol. The second-order valence-electron chi connectivity index (χ2n) is 7.55. The van der Waals surface area contributed by atoms with E-state index in [4.69, 9.17) is 9.15 Å². The summed E-state index contributed by atoms with van der Waals surface area (Å²) in [6.45, 7) is 13.4. The number of oxazole rings is 1. The molecular formula is C19H33IN4O3. The number of likely N-dealkylation sites (tertiary alicyclic amines) is 1. The van der Waals surface area contributed by atoms with Crippen LogP contribution < -0.4 is 5.32 Å². The highest BCUT2D eigenvalue weighted by Gasteiger charge is 2.27. The SMILES string of the molecule is CCNC(=NCc1ncc(C(C)(C)C)o1)N1CCC(C(=O)OCC)CC1.I. The summed E-state index contributed by atoms with van der Waals surface area (Å²) in [6.07, 6.45) is 3.36. The second-order valence-corrected chi connectivity index (χ2v) is 7.55. The number of piperidine rings is 1. The van der Waals surface area contributed by atoms with Crippen molar-refractivity contribution in [3.63, 3.8) is 0 Å². The number of nitrogens with zero attached hydrogens (tertiary/aromatic N) is 3. The van der Waals surface area contributed by atoms with Gasteiger partial charge in [-0.05, 0) is 26.7 Å². The molecule has 1 aliphatic heterocycles. The third kappa shape index (κ3) is 6.97. The van der Waals surface area contributed by atoms with Crippen molar-refractivity contribution in [3.05, 3.63) is 17.8 Å². The number of guanidine groups is 1. The van der Waals surface area contributed by atoms with Gasteiger partial charge in [-0.15, -0.1) is 24.0 Å². The summed E-state index contributed by atoms with van der Waals surface area (Å²) in [5.41, 5.74) is -0.0611. The molecule has 8 heteroatoms. The molecule has 2 rings (SSSR count). The minimum atomic E-state index is -0.0800. The maximum atomic E-state index is 11.9. The predicted molar refractivity (Wildman–Crippen MR) is 116 cm³/mol. The van der Waals surface area contributed by atoms with E-state index < -0.39 is 0 Å². The van der Waals surface area contributed by atoms with Crippen LogP contribution in [0.25, 0.3) is 0 Å². The summed E-state index contributed by atoms with van der Waals surface area (Å²) in [5.74, 6) is 2.23. The molecule has 2 heterocycles. The number of carbonyl (C=O) groups is 1. The predicted octanol–water partition coefficient (Wildman–Crippen LogP) is 3.33. The van der Waals surface area contributed by atoms with Crippen molar-refractivity contribution in [3.8, 4) is 0 Å². The highest BCUT2D eigenvalue weighted by Crippen LogP contribution is 2.23. The van der Waals surface area contributed by atoms with Gasteiger partial charge in [0.1, 0.15) is 12.3 Å². The van der Waals surface area contributed by atoms with Gasteiger partial charge in [-0.3, -0.25) is 4.79 Å². The van der Waals surface area contributed by atoms with Crippen LogP contribution in [0.1, 0.15) is 59.1 Å². The quantitative estimate of drug-likeness (QED) is 0.294. The highest BCUT2D eigenvalue weighted by molar-refractivity contribution is 14.0. The van der Waals surface area contributed by atoms with E-state index in [1.54, 1.807) is 6.20 Å². The van der Waals surface area contributed by atoms with Crippen LogP contribution in [0, 0.1) is 5.92 Å². The van der Waals surface area contributed by atoms with Crippen molar-refractivity contribution in [2.45, 2.75) is 59.4 Å². The van der Waals surface area contributed by atoms with Gasteiger partial charge < -0.3 is 19.4 Å². The Kier molecular flexibility index (Phi) is 9.55. The molecule has 1 aromatic rings. The fraction of sp³-hybridized carbons (Fsp3) is 0.737. The minimum absolute atomic E-state index is 0. The van der Waals surface area contributed by atoms with Gasteiger partial charge in [0.15, 0.2) is 5.96 Å². The van der Waals surface area contributed by atoms with Crippen LogP contribution >= 0.6 is 24.0 Å². The van der Waals surface area contributed by atoms with E-state index in [9.17, 15) is 4.79 Å². The number of aromatic nitrogens is 1. The molecule has 154 valence electrons. The van der Waals surface area contributed by atoms with Gasteiger partial charge in [0, 0.05) is 25.0 Å². The third-order valence-electron chi connectivity index (χ3n) is 4.41. The second kappa shape index (κ2) is 10.9. The van der Waals surface area contributed by atoms with E-state index in [1.165, 1.54) is 0 Å². The lowest BCUT2D eigenvalue weighted by molar-refractivity contribution is -0.149. The van der Waals surface area contributed by atoms with Gasteiger partial charge >= 0.3 is 5.97 Å². The van der Waals surface area contributed by atoms with Crippen LogP contribution in [-0.2, 0) is 21.5 Å². The molecule has 1 aliphatic rings. The molecule has 0 aromatic carbocycles. The number of halogens is 1. The number of carbonyl (C=O) groups excluding carboxylic acids is 1. The van der Waals surface area contributed by atoms with Gasteiger partial charge in [0.05, 0.1) is 18.7 Å². The zero-order chi connectivity index (χ0) is 19.2. The first kappa shape index (κ1) is 23.7. The summed E-state index contributed by atoms with van der Waals surface area (Å²) in [6, 6.07) is 0. The van der Waals surface area contributed by atoms with Crippen molar-refractivity contribution in [2.24, 2.45) is 10.9 Å². The molecule has 1 saturated heterocycles. The number of hydrogen-bond acceptors (Lipinski definition) is 5. The standard InChI is InChI=1S/C19H32N4O3.HI/c1-6-20-18(22-13-16-21-12-15(26-16)19(3,4)5)23-10-8-14(9-11-23)17(24)25-7-2;/h12,14H,6-11,13H2,1-5H3,(H,20,22);1H. The van der Waals surface area contributed by atoms with Crippen LogP contribution in [0.4, 0.5) is 0 Å². The lowest BCUT2D eigenvalue weighted by Crippen LogP contribution is -2.46. The van der Waals surface area contributed by atoms with E-state index in [0.717, 1.165) is 44.2 Å². The first-order valence-corrected chi connectivity index (χ1v) is 9.50. The lowest BCUT2D eigenvalue weighted by atomic mass is 9.94. The van der Waals surface area contributed by atoms with Crippen molar-refractivity contribution < 1.29 is 13.9 Å². The van der Waals surface area contributed by atoms with Crippen molar-refractivity contribution >= 4 is 35.9 Å². The smallest absolute Gasteiger partial charge is 0.309 e. The Morgan fingerprint density at radius 1 is 1.37 bits per heavy atom. The largest absolute Gasteiger partial charge is 0.466 e. The molecule has 0 amide bonds. The summed E-state index contributed by atoms with van der Waals surface area (Å²) in [7, 11) is 0. The van der Waals surface area contributed by atoms with Gasteiger partial charge in [-0.25, -0.2) is 9.98 Å². The van der Waals surface area contributed by atoms with E-state index >= 15 is 0 Å². The minimum Gasteiger partial charge on any atom is -0.466 e. The maximum Gasteiger partial charge on any atom is 0.309 e. The number of aliphatic imine (C=N–C) groups is 1. The Morgan fingerprint density at radius 3 is 2.56 bits per heavy atom. The zero-order valence-electron chi connectivity index (χ0n) is 17.1. The molecule has 0 unspecified atom stereocenters. The van der Waals surface area contributed by atoms with Crippen LogP contribution in [-0.4, -0.2) is 48.1 Å². The number of nitrogens with one attached hydrogen (secondary N) is 1. The molecule has 1 N–H and O–H groups in total. The average Bonchev–Trinajstić information content (AvgIpc) is 3.08. The first-order valence-electron chi connectivity index (χ1n) is 9.50. The van der Waals surface area contributed by atoms with Gasteiger partial charge in [-0.1, -0.05) is 20.8 Å². The van der Waals surface area contributed by atoms with E-state index in [0.29, 0.717) is 19.0 Å². The van der Waals surface area contributed by atoms with Gasteiger partial charge in [0.2, 0.25) is 5.89 Å². The number of ether oxygens (including phenoxy) is 1. The Balaban J connectivity index is 0.00000364. The maximum absolute atomic E-state index is 11.9.